The summed E-state index contributed by atoms with van der Waals surface area (Å²) in [7, 11) is 0. The van der Waals surface area contributed by atoms with Crippen LogP contribution in [0.4, 0.5) is 0 Å². The third-order valence-corrected chi connectivity index (χ3v) is 9.71. The molecule has 0 aliphatic heterocycles. The van der Waals surface area contributed by atoms with Crippen LogP contribution < -0.4 is 0 Å². The van der Waals surface area contributed by atoms with Gasteiger partial charge >= 0.3 is 0 Å². The Morgan fingerprint density at radius 3 is 2.09 bits per heavy atom. The van der Waals surface area contributed by atoms with Gasteiger partial charge in [-0.3, -0.25) is 4.99 Å². The fourth-order valence-corrected chi connectivity index (χ4v) is 6.95. The molecule has 0 bridgehead atoms. The molecule has 1 aliphatic carbocycles. The van der Waals surface area contributed by atoms with E-state index in [1.165, 1.54) is 27.5 Å². The Kier molecular flexibility index (Phi) is 9.67. The fourth-order valence-electron chi connectivity index (χ4n) is 6.95. The van der Waals surface area contributed by atoms with E-state index in [0.29, 0.717) is 18.2 Å². The first-order valence-corrected chi connectivity index (χ1v) is 18.1. The standard InChI is InChI=1S/C49H39N3O/c1-3-4-7-20-42-31-47-45(32-43(42)37-25-22-36(23-26-37)41-27-24-35-14-12-13-19-40(35)30-41)44-29-34(21-28-46(44)53-47)33-51-49(39-17-10-6-11-18-39)52-48(50-2)38-15-8-5-9-16-38/h3-20,22-27,29-32H,2,21,28,33H2,1H3/b4-3-,20-7-,51-49-,52-48-. The third-order valence-electron chi connectivity index (χ3n) is 9.71. The molecule has 1 aliphatic rings. The number of hydrogen-bond donors (Lipinski definition) is 0. The second-order valence-corrected chi connectivity index (χ2v) is 13.2. The molecule has 0 radical (unpaired) electrons. The highest BCUT2D eigenvalue weighted by Crippen LogP contribution is 2.39. The number of aryl methyl sites for hydroxylation is 1. The van der Waals surface area contributed by atoms with Crippen molar-refractivity contribution in [3.05, 3.63) is 191 Å². The molecule has 53 heavy (non-hydrogen) atoms. The molecule has 6 aromatic carbocycles. The lowest BCUT2D eigenvalue weighted by atomic mass is 9.92. The lowest BCUT2D eigenvalue weighted by Crippen LogP contribution is -2.07. The number of allylic oxidation sites excluding steroid dienone is 3. The first kappa shape index (κ1) is 33.5. The molecule has 0 N–H and O–H groups in total. The molecular weight excluding hydrogens is 647 g/mol. The number of fused-ring (bicyclic) bond motifs is 4. The first-order chi connectivity index (χ1) is 26.2. The number of furan rings is 1. The number of hydrogen-bond acceptors (Lipinski definition) is 2. The van der Waals surface area contributed by atoms with Crippen LogP contribution in [0.1, 0.15) is 41.4 Å². The van der Waals surface area contributed by atoms with Gasteiger partial charge in [0.15, 0.2) is 11.7 Å². The van der Waals surface area contributed by atoms with E-state index in [9.17, 15) is 0 Å². The van der Waals surface area contributed by atoms with Crippen molar-refractivity contribution in [2.24, 2.45) is 15.0 Å². The van der Waals surface area contributed by atoms with Crippen molar-refractivity contribution in [1.82, 2.24) is 0 Å². The van der Waals surface area contributed by atoms with Crippen molar-refractivity contribution in [1.29, 1.82) is 0 Å². The Morgan fingerprint density at radius 2 is 1.36 bits per heavy atom. The van der Waals surface area contributed by atoms with Crippen molar-refractivity contribution < 1.29 is 4.42 Å². The molecular formula is C49H39N3O. The van der Waals surface area contributed by atoms with Gasteiger partial charge in [0.1, 0.15) is 11.3 Å². The van der Waals surface area contributed by atoms with Crippen LogP contribution in [0.5, 0.6) is 0 Å². The lowest BCUT2D eigenvalue weighted by molar-refractivity contribution is 0.542. The summed E-state index contributed by atoms with van der Waals surface area (Å²) in [5.41, 5.74) is 10.9. The molecule has 0 spiro atoms. The average molecular weight is 686 g/mol. The summed E-state index contributed by atoms with van der Waals surface area (Å²) < 4.78 is 6.53. The molecule has 4 heteroatoms. The zero-order chi connectivity index (χ0) is 36.0. The van der Waals surface area contributed by atoms with Gasteiger partial charge in [-0.2, -0.15) is 0 Å². The lowest BCUT2D eigenvalue weighted by Gasteiger charge is -2.12. The molecule has 0 amide bonds. The molecule has 0 fully saturated rings. The summed E-state index contributed by atoms with van der Waals surface area (Å²) >= 11 is 0. The maximum atomic E-state index is 6.53. The van der Waals surface area contributed by atoms with Crippen LogP contribution in [0.15, 0.2) is 183 Å². The Bertz CT molecular complexity index is 2580. The second-order valence-electron chi connectivity index (χ2n) is 13.2. The smallest absolute Gasteiger partial charge is 0.161 e. The minimum Gasteiger partial charge on any atom is -0.460 e. The monoisotopic (exact) mass is 685 g/mol. The summed E-state index contributed by atoms with van der Waals surface area (Å²) in [5.74, 6) is 2.20. The van der Waals surface area contributed by atoms with Crippen LogP contribution in [-0.4, -0.2) is 24.9 Å². The predicted molar refractivity (Wildman–Crippen MR) is 225 cm³/mol. The molecule has 1 aromatic heterocycles. The van der Waals surface area contributed by atoms with Crippen LogP contribution >= 0.6 is 0 Å². The van der Waals surface area contributed by atoms with Gasteiger partial charge in [-0.25, -0.2) is 9.98 Å². The maximum Gasteiger partial charge on any atom is 0.161 e. The fraction of sp³-hybridized carbons (Fsp3) is 0.0816. The molecule has 0 atom stereocenters. The van der Waals surface area contributed by atoms with E-state index in [0.717, 1.165) is 63.0 Å². The highest BCUT2D eigenvalue weighted by Gasteiger charge is 2.20. The maximum absolute atomic E-state index is 6.53. The van der Waals surface area contributed by atoms with Crippen molar-refractivity contribution in [2.45, 2.75) is 19.8 Å². The molecule has 0 saturated carbocycles. The van der Waals surface area contributed by atoms with Gasteiger partial charge in [-0.1, -0.05) is 146 Å². The largest absolute Gasteiger partial charge is 0.460 e. The Hall–Kier alpha value is -6.65. The Morgan fingerprint density at radius 1 is 0.679 bits per heavy atom. The molecule has 7 aromatic rings. The third kappa shape index (κ3) is 7.26. The van der Waals surface area contributed by atoms with Crippen LogP contribution in [0.25, 0.3) is 56.1 Å². The Labute approximate surface area is 310 Å². The van der Waals surface area contributed by atoms with Crippen LogP contribution in [0.3, 0.4) is 0 Å². The minimum atomic E-state index is 0.520. The second kappa shape index (κ2) is 15.3. The van der Waals surface area contributed by atoms with Crippen LogP contribution in [0.2, 0.25) is 0 Å². The van der Waals surface area contributed by atoms with E-state index < -0.39 is 0 Å². The van der Waals surface area contributed by atoms with Gasteiger partial charge in [0.2, 0.25) is 0 Å². The molecule has 8 rings (SSSR count). The van der Waals surface area contributed by atoms with Crippen molar-refractivity contribution in [3.63, 3.8) is 0 Å². The van der Waals surface area contributed by atoms with E-state index in [-0.39, 0.29) is 0 Å². The Balaban J connectivity index is 1.15. The summed E-state index contributed by atoms with van der Waals surface area (Å²) in [6.45, 7) is 6.35. The van der Waals surface area contributed by atoms with Gasteiger partial charge in [0.25, 0.3) is 0 Å². The van der Waals surface area contributed by atoms with E-state index in [1.807, 2.05) is 73.7 Å². The molecule has 0 unspecified atom stereocenters. The average Bonchev–Trinajstić information content (AvgIpc) is 3.58. The van der Waals surface area contributed by atoms with E-state index in [2.05, 4.69) is 115 Å². The molecule has 1 heterocycles. The normalized spacial score (nSPS) is 13.6. The molecule has 4 nitrogen and oxygen atoms in total. The van der Waals surface area contributed by atoms with Crippen LogP contribution in [-0.2, 0) is 6.42 Å². The number of rotatable bonds is 8. The van der Waals surface area contributed by atoms with Crippen LogP contribution in [0, 0.1) is 0 Å². The van der Waals surface area contributed by atoms with Gasteiger partial charge < -0.3 is 4.42 Å². The number of aliphatic imine (C=N–C) groups is 3. The van der Waals surface area contributed by atoms with E-state index in [4.69, 9.17) is 14.4 Å². The highest BCUT2D eigenvalue weighted by molar-refractivity contribution is 6.12. The van der Waals surface area contributed by atoms with Crippen molar-refractivity contribution >= 4 is 52.3 Å². The molecule has 256 valence electrons. The minimum absolute atomic E-state index is 0.520. The zero-order valence-electron chi connectivity index (χ0n) is 29.7. The van der Waals surface area contributed by atoms with Gasteiger partial charge in [-0.05, 0) is 88.5 Å². The number of amidine groups is 2. The number of benzene rings is 6. The quantitative estimate of drug-likeness (QED) is 0.0892. The highest BCUT2D eigenvalue weighted by atomic mass is 16.3. The van der Waals surface area contributed by atoms with Gasteiger partial charge in [-0.15, -0.1) is 0 Å². The summed E-state index contributed by atoms with van der Waals surface area (Å²) in [6, 6.07) is 48.5. The summed E-state index contributed by atoms with van der Waals surface area (Å²) in [6.07, 6.45) is 12.3. The summed E-state index contributed by atoms with van der Waals surface area (Å²) in [5, 5.41) is 3.61. The van der Waals surface area contributed by atoms with Crippen molar-refractivity contribution in [3.8, 4) is 22.3 Å². The first-order valence-electron chi connectivity index (χ1n) is 18.1. The van der Waals surface area contributed by atoms with E-state index in [1.54, 1.807) is 0 Å². The van der Waals surface area contributed by atoms with E-state index >= 15 is 0 Å². The summed E-state index contributed by atoms with van der Waals surface area (Å²) in [4.78, 5) is 14.2. The predicted octanol–water partition coefficient (Wildman–Crippen LogP) is 12.4. The topological polar surface area (TPSA) is 50.2 Å². The van der Waals surface area contributed by atoms with Gasteiger partial charge in [0, 0.05) is 28.5 Å². The van der Waals surface area contributed by atoms with Gasteiger partial charge in [0.05, 0.1) is 6.54 Å². The zero-order valence-corrected chi connectivity index (χ0v) is 29.7. The number of nitrogens with zero attached hydrogens (tertiary/aromatic N) is 3. The SMILES string of the molecule is C=N/C(=N\C(=N/CC1=Cc2c(oc3cc(/C=C\C=C/C)c(-c4ccc(-c5ccc6ccccc6c5)cc4)cc23)CC1)c1ccccc1)c1ccccc1. The molecule has 0 saturated heterocycles. The van der Waals surface area contributed by atoms with Crippen molar-refractivity contribution in [2.75, 3.05) is 6.54 Å².